The first-order valence-corrected chi connectivity index (χ1v) is 9.53. The number of likely N-dealkylation sites (tertiary alicyclic amines) is 1. The molecule has 0 aromatic heterocycles. The number of hydrogen-bond donors (Lipinski definition) is 0. The molecule has 2 atom stereocenters. The van der Waals surface area contributed by atoms with Gasteiger partial charge in [0.15, 0.2) is 17.9 Å². The topological polar surface area (TPSA) is 99.2 Å². The van der Waals surface area contributed by atoms with E-state index in [0.29, 0.717) is 0 Å². The summed E-state index contributed by atoms with van der Waals surface area (Å²) in [6.07, 6.45) is 2.09. The van der Waals surface area contributed by atoms with Crippen LogP contribution in [-0.4, -0.2) is 66.5 Å². The third-order valence-electron chi connectivity index (χ3n) is 5.14. The fourth-order valence-corrected chi connectivity index (χ4v) is 3.90. The molecule has 0 N–H and O–H groups in total. The van der Waals surface area contributed by atoms with Gasteiger partial charge in [-0.2, -0.15) is 0 Å². The summed E-state index contributed by atoms with van der Waals surface area (Å²) in [5, 5.41) is 0. The first-order valence-electron chi connectivity index (χ1n) is 9.53. The number of amides is 1. The molecule has 1 fully saturated rings. The molecule has 8 nitrogen and oxygen atoms in total. The standard InChI is InChI=1S/C22H25NO7/c1-21(2,3)30-15(24)12-23-20(27)17-18(25)13-8-6-7-9-14(13)19(26)22(17,23)11-10-16(28-4)29-5/h6-11,16-17H,12H2,1-5H3/t17-,22+/m1/s1. The Morgan fingerprint density at radius 3 is 2.30 bits per heavy atom. The van der Waals surface area contributed by atoms with Crippen LogP contribution in [0.4, 0.5) is 0 Å². The highest BCUT2D eigenvalue weighted by atomic mass is 16.7. The van der Waals surface area contributed by atoms with Crippen molar-refractivity contribution in [2.45, 2.75) is 38.2 Å². The van der Waals surface area contributed by atoms with Crippen molar-refractivity contribution < 1.29 is 33.4 Å². The van der Waals surface area contributed by atoms with Gasteiger partial charge in [0, 0.05) is 25.3 Å². The van der Waals surface area contributed by atoms with Gasteiger partial charge in [0.2, 0.25) is 5.91 Å². The Morgan fingerprint density at radius 2 is 1.73 bits per heavy atom. The lowest BCUT2D eigenvalue weighted by Crippen LogP contribution is -2.78. The van der Waals surface area contributed by atoms with E-state index in [4.69, 9.17) is 14.2 Å². The van der Waals surface area contributed by atoms with Crippen molar-refractivity contribution in [2.75, 3.05) is 20.8 Å². The van der Waals surface area contributed by atoms with Gasteiger partial charge in [-0.25, -0.2) is 0 Å². The number of rotatable bonds is 6. The normalized spacial score (nSPS) is 23.5. The zero-order valence-corrected chi connectivity index (χ0v) is 17.6. The predicted octanol–water partition coefficient (Wildman–Crippen LogP) is 1.78. The van der Waals surface area contributed by atoms with Crippen LogP contribution in [0.25, 0.3) is 0 Å². The minimum atomic E-state index is -1.63. The molecule has 1 amide bonds. The van der Waals surface area contributed by atoms with E-state index in [0.717, 1.165) is 4.90 Å². The summed E-state index contributed by atoms with van der Waals surface area (Å²) in [7, 11) is 2.84. The molecule has 1 aliphatic heterocycles. The first-order chi connectivity index (χ1) is 14.1. The second-order valence-electron chi connectivity index (χ2n) is 8.21. The molecule has 0 radical (unpaired) electrons. The van der Waals surface area contributed by atoms with Crippen LogP contribution in [0.5, 0.6) is 0 Å². The molecule has 8 heteroatoms. The Kier molecular flexibility index (Phi) is 5.66. The Labute approximate surface area is 174 Å². The van der Waals surface area contributed by atoms with Crippen LogP contribution in [0, 0.1) is 5.92 Å². The minimum Gasteiger partial charge on any atom is -0.459 e. The zero-order chi connectivity index (χ0) is 22.3. The van der Waals surface area contributed by atoms with Crippen LogP contribution < -0.4 is 0 Å². The van der Waals surface area contributed by atoms with Crippen molar-refractivity contribution in [1.82, 2.24) is 4.90 Å². The van der Waals surface area contributed by atoms with Crippen molar-refractivity contribution in [2.24, 2.45) is 5.92 Å². The largest absolute Gasteiger partial charge is 0.459 e. The maximum absolute atomic E-state index is 13.5. The maximum Gasteiger partial charge on any atom is 0.326 e. The first kappa shape index (κ1) is 21.9. The minimum absolute atomic E-state index is 0.205. The van der Waals surface area contributed by atoms with Crippen LogP contribution in [0.3, 0.4) is 0 Å². The van der Waals surface area contributed by atoms with Gasteiger partial charge in [-0.1, -0.05) is 24.3 Å². The number of carbonyl (C=O) groups is 4. The van der Waals surface area contributed by atoms with Crippen molar-refractivity contribution in [3.8, 4) is 0 Å². The number of esters is 1. The number of ether oxygens (including phenoxy) is 3. The molecule has 1 aromatic carbocycles. The summed E-state index contributed by atoms with van der Waals surface area (Å²) in [5.74, 6) is -3.39. The quantitative estimate of drug-likeness (QED) is 0.230. The molecule has 1 heterocycles. The number of carbonyl (C=O) groups excluding carboxylic acids is 4. The van der Waals surface area contributed by atoms with Crippen LogP contribution in [0.1, 0.15) is 41.5 Å². The molecular formula is C22H25NO7. The van der Waals surface area contributed by atoms with Gasteiger partial charge in [0.25, 0.3) is 0 Å². The van der Waals surface area contributed by atoms with Crippen molar-refractivity contribution in [3.63, 3.8) is 0 Å². The summed E-state index contributed by atoms with van der Waals surface area (Å²) in [6, 6.07) is 6.36. The molecular weight excluding hydrogens is 390 g/mol. The molecule has 0 unspecified atom stereocenters. The van der Waals surface area contributed by atoms with Gasteiger partial charge in [-0.15, -0.1) is 0 Å². The number of methoxy groups -OCH3 is 2. The highest BCUT2D eigenvalue weighted by molar-refractivity contribution is 6.31. The van der Waals surface area contributed by atoms with Crippen LogP contribution >= 0.6 is 0 Å². The Morgan fingerprint density at radius 1 is 1.13 bits per heavy atom. The molecule has 30 heavy (non-hydrogen) atoms. The summed E-state index contributed by atoms with van der Waals surface area (Å²) in [4.78, 5) is 53.0. The summed E-state index contributed by atoms with van der Waals surface area (Å²) >= 11 is 0. The molecule has 1 aliphatic carbocycles. The highest BCUT2D eigenvalue weighted by Gasteiger charge is 2.69. The molecule has 0 saturated carbocycles. The maximum atomic E-state index is 13.5. The number of nitrogens with zero attached hydrogens (tertiary/aromatic N) is 1. The monoisotopic (exact) mass is 415 g/mol. The van der Waals surface area contributed by atoms with Crippen LogP contribution in [0.15, 0.2) is 36.4 Å². The number of β-lactam (4-membered cyclic amide) rings is 1. The fourth-order valence-electron chi connectivity index (χ4n) is 3.90. The molecule has 2 aliphatic rings. The van der Waals surface area contributed by atoms with Gasteiger partial charge >= 0.3 is 5.97 Å². The SMILES string of the molecule is COC(C=C[C@@]12C(=O)c3ccccc3C(=O)[C@@H]1C(=O)N2CC(=O)OC(C)(C)C)OC. The van der Waals surface area contributed by atoms with E-state index in [-0.39, 0.29) is 11.1 Å². The zero-order valence-electron chi connectivity index (χ0n) is 17.6. The van der Waals surface area contributed by atoms with Crippen LogP contribution in [0.2, 0.25) is 0 Å². The molecule has 1 aromatic rings. The van der Waals surface area contributed by atoms with E-state index in [2.05, 4.69) is 0 Å². The van der Waals surface area contributed by atoms with E-state index in [1.807, 2.05) is 0 Å². The van der Waals surface area contributed by atoms with Gasteiger partial charge in [0.05, 0.1) is 0 Å². The van der Waals surface area contributed by atoms with Gasteiger partial charge in [0.1, 0.15) is 23.6 Å². The second kappa shape index (κ2) is 7.77. The second-order valence-corrected chi connectivity index (χ2v) is 8.21. The molecule has 1 saturated heterocycles. The molecule has 0 spiro atoms. The lowest BCUT2D eigenvalue weighted by atomic mass is 9.61. The molecule has 160 valence electrons. The summed E-state index contributed by atoms with van der Waals surface area (Å²) in [5.41, 5.74) is -1.98. The van der Waals surface area contributed by atoms with Crippen LogP contribution in [-0.2, 0) is 23.8 Å². The Bertz CT molecular complexity index is 926. The lowest BCUT2D eigenvalue weighted by molar-refractivity contribution is -0.170. The van der Waals surface area contributed by atoms with Gasteiger partial charge < -0.3 is 19.1 Å². The molecule has 0 bridgehead atoms. The summed E-state index contributed by atoms with van der Waals surface area (Å²) in [6.45, 7) is 4.65. The number of benzene rings is 1. The third kappa shape index (κ3) is 3.46. The smallest absolute Gasteiger partial charge is 0.326 e. The number of hydrogen-bond acceptors (Lipinski definition) is 7. The third-order valence-corrected chi connectivity index (χ3v) is 5.14. The predicted molar refractivity (Wildman–Crippen MR) is 106 cm³/mol. The number of fused-ring (bicyclic) bond motifs is 2. The van der Waals surface area contributed by atoms with E-state index in [9.17, 15) is 19.2 Å². The average molecular weight is 415 g/mol. The Hall–Kier alpha value is -2.84. The van der Waals surface area contributed by atoms with E-state index in [1.54, 1.807) is 39.0 Å². The van der Waals surface area contributed by atoms with E-state index < -0.39 is 53.3 Å². The van der Waals surface area contributed by atoms with Crippen molar-refractivity contribution in [1.29, 1.82) is 0 Å². The van der Waals surface area contributed by atoms with E-state index in [1.165, 1.54) is 32.4 Å². The van der Waals surface area contributed by atoms with E-state index >= 15 is 0 Å². The average Bonchev–Trinajstić information content (AvgIpc) is 2.69. The van der Waals surface area contributed by atoms with Crippen molar-refractivity contribution >= 4 is 23.4 Å². The van der Waals surface area contributed by atoms with Crippen molar-refractivity contribution in [3.05, 3.63) is 47.5 Å². The lowest BCUT2D eigenvalue weighted by Gasteiger charge is -2.55. The Balaban J connectivity index is 2.07. The van der Waals surface area contributed by atoms with Gasteiger partial charge in [-0.3, -0.25) is 19.2 Å². The highest BCUT2D eigenvalue weighted by Crippen LogP contribution is 2.47. The number of Topliss-reactive ketones (excluding diaryl/α,β-unsaturated/α-hetero) is 2. The molecule has 3 rings (SSSR count). The summed E-state index contributed by atoms with van der Waals surface area (Å²) < 4.78 is 15.6. The fraction of sp³-hybridized carbons (Fsp3) is 0.455. The van der Waals surface area contributed by atoms with Gasteiger partial charge in [-0.05, 0) is 32.9 Å². The number of ketones is 2.